The van der Waals surface area contributed by atoms with Gasteiger partial charge in [0.05, 0.1) is 6.26 Å². The highest BCUT2D eigenvalue weighted by Gasteiger charge is 2.24. The predicted octanol–water partition coefficient (Wildman–Crippen LogP) is 2.49. The Labute approximate surface area is 128 Å². The van der Waals surface area contributed by atoms with Crippen LogP contribution in [0.4, 0.5) is 0 Å². The molecule has 1 aliphatic rings. The Kier molecular flexibility index (Phi) is 4.07. The second-order valence-corrected chi connectivity index (χ2v) is 6.55. The maximum atomic E-state index is 12.7. The molecule has 2 aromatic heterocycles. The molecule has 1 amide bonds. The molecule has 2 aromatic rings. The van der Waals surface area contributed by atoms with Crippen molar-refractivity contribution in [1.29, 1.82) is 0 Å². The number of amides is 1. The van der Waals surface area contributed by atoms with Crippen molar-refractivity contribution in [2.24, 2.45) is 0 Å². The maximum Gasteiger partial charge on any atom is 0.273 e. The molecule has 3 heterocycles. The van der Waals surface area contributed by atoms with E-state index in [1.165, 1.54) is 11.3 Å². The maximum absolute atomic E-state index is 12.7. The molecule has 112 valence electrons. The summed E-state index contributed by atoms with van der Waals surface area (Å²) in [7, 11) is 2.09. The lowest BCUT2D eigenvalue weighted by Crippen LogP contribution is -2.35. The predicted molar refractivity (Wildman–Crippen MR) is 82.6 cm³/mol. The van der Waals surface area contributed by atoms with E-state index in [0.717, 1.165) is 48.2 Å². The zero-order valence-corrected chi connectivity index (χ0v) is 13.2. The number of aromatic nitrogens is 1. The van der Waals surface area contributed by atoms with Gasteiger partial charge in [0.2, 0.25) is 0 Å². The molecule has 1 saturated heterocycles. The number of aryl methyl sites for hydroxylation is 1. The van der Waals surface area contributed by atoms with Gasteiger partial charge in [0.15, 0.2) is 10.8 Å². The summed E-state index contributed by atoms with van der Waals surface area (Å²) in [5.74, 6) is 0.759. The van der Waals surface area contributed by atoms with Gasteiger partial charge < -0.3 is 14.2 Å². The number of thiazole rings is 1. The van der Waals surface area contributed by atoms with Crippen LogP contribution in [0.2, 0.25) is 0 Å². The fourth-order valence-corrected chi connectivity index (χ4v) is 3.37. The Morgan fingerprint density at radius 3 is 2.95 bits per heavy atom. The van der Waals surface area contributed by atoms with Gasteiger partial charge in [-0.2, -0.15) is 0 Å². The second kappa shape index (κ2) is 5.99. The van der Waals surface area contributed by atoms with E-state index in [9.17, 15) is 4.79 Å². The first-order chi connectivity index (χ1) is 10.1. The quantitative estimate of drug-likeness (QED) is 0.855. The molecule has 1 aliphatic heterocycles. The minimum atomic E-state index is 0.0388. The third-order valence-corrected chi connectivity index (χ3v) is 4.72. The van der Waals surface area contributed by atoms with Crippen LogP contribution in [0.1, 0.15) is 21.8 Å². The number of likely N-dealkylation sites (N-methyl/N-ethyl adjacent to an activating group) is 1. The van der Waals surface area contributed by atoms with Gasteiger partial charge in [0.1, 0.15) is 5.69 Å². The van der Waals surface area contributed by atoms with Crippen LogP contribution in [0.15, 0.2) is 22.8 Å². The summed E-state index contributed by atoms with van der Waals surface area (Å²) >= 11 is 1.51. The van der Waals surface area contributed by atoms with Crippen LogP contribution in [0.25, 0.3) is 10.8 Å². The molecule has 0 radical (unpaired) electrons. The average Bonchev–Trinajstić information content (AvgIpc) is 3.06. The van der Waals surface area contributed by atoms with E-state index in [4.69, 9.17) is 4.42 Å². The number of furan rings is 1. The molecule has 5 nitrogen and oxygen atoms in total. The van der Waals surface area contributed by atoms with Crippen molar-refractivity contribution >= 4 is 17.2 Å². The fraction of sp³-hybridized carbons (Fsp3) is 0.467. The molecule has 0 N–H and O–H groups in total. The Balaban J connectivity index is 1.81. The normalized spacial score (nSPS) is 17.0. The highest BCUT2D eigenvalue weighted by Crippen LogP contribution is 2.28. The van der Waals surface area contributed by atoms with Gasteiger partial charge in [-0.25, -0.2) is 4.98 Å². The standard InChI is InChI=1S/C15H19N3O2S/c1-11-13(16-14(21-11)12-5-3-10-20-12)15(19)18-7-4-6-17(2)8-9-18/h3,5,10H,4,6-9H2,1-2H3. The number of nitrogens with zero attached hydrogens (tertiary/aromatic N) is 3. The van der Waals surface area contributed by atoms with E-state index in [0.29, 0.717) is 5.69 Å². The minimum absolute atomic E-state index is 0.0388. The average molecular weight is 305 g/mol. The van der Waals surface area contributed by atoms with Gasteiger partial charge in [-0.05, 0) is 39.1 Å². The second-order valence-electron chi connectivity index (χ2n) is 5.35. The first-order valence-corrected chi connectivity index (χ1v) is 7.96. The molecular formula is C15H19N3O2S. The lowest BCUT2D eigenvalue weighted by atomic mass is 10.3. The SMILES string of the molecule is Cc1sc(-c2ccco2)nc1C(=O)N1CCCN(C)CC1. The Hall–Kier alpha value is -1.66. The molecule has 6 heteroatoms. The van der Waals surface area contributed by atoms with Crippen LogP contribution < -0.4 is 0 Å². The molecule has 0 aliphatic carbocycles. The first-order valence-electron chi connectivity index (χ1n) is 7.14. The highest BCUT2D eigenvalue weighted by atomic mass is 32.1. The summed E-state index contributed by atoms with van der Waals surface area (Å²) in [5, 5.41) is 0.771. The van der Waals surface area contributed by atoms with Crippen molar-refractivity contribution < 1.29 is 9.21 Å². The summed E-state index contributed by atoms with van der Waals surface area (Å²) in [6.07, 6.45) is 2.63. The number of carbonyl (C=O) groups is 1. The highest BCUT2D eigenvalue weighted by molar-refractivity contribution is 7.15. The number of carbonyl (C=O) groups excluding carboxylic acids is 1. The largest absolute Gasteiger partial charge is 0.462 e. The van der Waals surface area contributed by atoms with E-state index in [2.05, 4.69) is 16.9 Å². The van der Waals surface area contributed by atoms with Crippen molar-refractivity contribution in [2.75, 3.05) is 33.2 Å². The van der Waals surface area contributed by atoms with E-state index in [1.807, 2.05) is 24.0 Å². The summed E-state index contributed by atoms with van der Waals surface area (Å²) < 4.78 is 5.36. The molecule has 21 heavy (non-hydrogen) atoms. The Morgan fingerprint density at radius 1 is 1.33 bits per heavy atom. The lowest BCUT2D eigenvalue weighted by molar-refractivity contribution is 0.0757. The summed E-state index contributed by atoms with van der Waals surface area (Å²) in [6.45, 7) is 5.47. The van der Waals surface area contributed by atoms with Gasteiger partial charge in [0, 0.05) is 24.5 Å². The first kappa shape index (κ1) is 14.3. The van der Waals surface area contributed by atoms with Gasteiger partial charge in [-0.3, -0.25) is 4.79 Å². The van der Waals surface area contributed by atoms with E-state index >= 15 is 0 Å². The van der Waals surface area contributed by atoms with Crippen LogP contribution >= 0.6 is 11.3 Å². The van der Waals surface area contributed by atoms with E-state index < -0.39 is 0 Å². The number of rotatable bonds is 2. The fourth-order valence-electron chi connectivity index (χ4n) is 2.50. The molecule has 3 rings (SSSR count). The van der Waals surface area contributed by atoms with Crippen molar-refractivity contribution in [3.63, 3.8) is 0 Å². The zero-order valence-electron chi connectivity index (χ0n) is 12.3. The Morgan fingerprint density at radius 2 is 2.19 bits per heavy atom. The van der Waals surface area contributed by atoms with Crippen LogP contribution in [-0.2, 0) is 0 Å². The summed E-state index contributed by atoms with van der Waals surface area (Å²) in [4.78, 5) is 22.3. The van der Waals surface area contributed by atoms with Gasteiger partial charge in [-0.15, -0.1) is 11.3 Å². The van der Waals surface area contributed by atoms with Crippen LogP contribution in [0.5, 0.6) is 0 Å². The van der Waals surface area contributed by atoms with Gasteiger partial charge in [0.25, 0.3) is 5.91 Å². The zero-order chi connectivity index (χ0) is 14.8. The van der Waals surface area contributed by atoms with Crippen LogP contribution in [-0.4, -0.2) is 53.9 Å². The molecule has 1 fully saturated rings. The lowest BCUT2D eigenvalue weighted by Gasteiger charge is -2.19. The van der Waals surface area contributed by atoms with Crippen molar-refractivity contribution in [1.82, 2.24) is 14.8 Å². The third-order valence-electron chi connectivity index (χ3n) is 3.74. The van der Waals surface area contributed by atoms with E-state index in [1.54, 1.807) is 6.26 Å². The van der Waals surface area contributed by atoms with Crippen molar-refractivity contribution in [3.05, 3.63) is 29.0 Å². The van der Waals surface area contributed by atoms with Crippen molar-refractivity contribution in [3.8, 4) is 10.8 Å². The van der Waals surface area contributed by atoms with Crippen molar-refractivity contribution in [2.45, 2.75) is 13.3 Å². The molecule has 0 aromatic carbocycles. The molecule has 0 unspecified atom stereocenters. The third kappa shape index (κ3) is 3.01. The monoisotopic (exact) mass is 305 g/mol. The van der Waals surface area contributed by atoms with Crippen LogP contribution in [0, 0.1) is 6.92 Å². The minimum Gasteiger partial charge on any atom is -0.462 e. The Bertz CT molecular complexity index is 621. The molecule has 0 saturated carbocycles. The van der Waals surface area contributed by atoms with Gasteiger partial charge in [-0.1, -0.05) is 0 Å². The number of hydrogen-bond donors (Lipinski definition) is 0. The summed E-state index contributed by atoms with van der Waals surface area (Å²) in [6, 6.07) is 3.70. The molecule has 0 spiro atoms. The number of hydrogen-bond acceptors (Lipinski definition) is 5. The summed E-state index contributed by atoms with van der Waals surface area (Å²) in [5.41, 5.74) is 0.566. The smallest absolute Gasteiger partial charge is 0.273 e. The van der Waals surface area contributed by atoms with Crippen LogP contribution in [0.3, 0.4) is 0 Å². The molecule has 0 bridgehead atoms. The van der Waals surface area contributed by atoms with Gasteiger partial charge >= 0.3 is 0 Å². The van der Waals surface area contributed by atoms with E-state index in [-0.39, 0.29) is 5.91 Å². The molecular weight excluding hydrogens is 286 g/mol. The topological polar surface area (TPSA) is 49.6 Å². The molecule has 0 atom stereocenters.